The van der Waals surface area contributed by atoms with Gasteiger partial charge in [0.25, 0.3) is 0 Å². The first-order valence-electron chi connectivity index (χ1n) is 7.30. The van der Waals surface area contributed by atoms with Gasteiger partial charge in [0, 0.05) is 17.4 Å². The van der Waals surface area contributed by atoms with Gasteiger partial charge in [0.05, 0.1) is 19.9 Å². The number of methoxy groups -OCH3 is 2. The zero-order valence-corrected chi connectivity index (χ0v) is 14.3. The number of aromatic nitrogens is 1. The molecular formula is C16H21N3O3S. The molecule has 7 heteroatoms. The van der Waals surface area contributed by atoms with E-state index in [4.69, 9.17) is 9.47 Å². The Bertz CT molecular complexity index is 658. The van der Waals surface area contributed by atoms with Crippen molar-refractivity contribution >= 4 is 22.4 Å². The van der Waals surface area contributed by atoms with Crippen molar-refractivity contribution in [3.63, 3.8) is 0 Å². The summed E-state index contributed by atoms with van der Waals surface area (Å²) in [6.07, 6.45) is 1.27. The van der Waals surface area contributed by atoms with E-state index in [-0.39, 0.29) is 5.91 Å². The summed E-state index contributed by atoms with van der Waals surface area (Å²) < 4.78 is 10.6. The van der Waals surface area contributed by atoms with Gasteiger partial charge >= 0.3 is 0 Å². The van der Waals surface area contributed by atoms with Gasteiger partial charge in [-0.2, -0.15) is 0 Å². The lowest BCUT2D eigenvalue weighted by Crippen LogP contribution is -2.15. The van der Waals surface area contributed by atoms with E-state index in [1.54, 1.807) is 14.2 Å². The van der Waals surface area contributed by atoms with Gasteiger partial charge in [-0.1, -0.05) is 0 Å². The third-order valence-corrected chi connectivity index (χ3v) is 4.02. The molecule has 2 aromatic rings. The van der Waals surface area contributed by atoms with Crippen molar-refractivity contribution in [3.05, 3.63) is 23.6 Å². The van der Waals surface area contributed by atoms with Crippen LogP contribution in [-0.4, -0.2) is 38.7 Å². The number of hydrogen-bond acceptors (Lipinski definition) is 6. The molecule has 2 N–H and O–H groups in total. The van der Waals surface area contributed by atoms with Crippen LogP contribution in [0.1, 0.15) is 12.8 Å². The van der Waals surface area contributed by atoms with Gasteiger partial charge in [-0.3, -0.25) is 4.79 Å². The van der Waals surface area contributed by atoms with Gasteiger partial charge in [-0.25, -0.2) is 4.98 Å². The summed E-state index contributed by atoms with van der Waals surface area (Å²) in [6, 6.07) is 5.54. The zero-order chi connectivity index (χ0) is 16.7. The van der Waals surface area contributed by atoms with Gasteiger partial charge in [-0.15, -0.1) is 11.3 Å². The van der Waals surface area contributed by atoms with Crippen LogP contribution in [0.25, 0.3) is 11.3 Å². The number of ether oxygens (including phenoxy) is 2. The van der Waals surface area contributed by atoms with Crippen LogP contribution in [-0.2, 0) is 4.79 Å². The maximum atomic E-state index is 11.8. The molecule has 0 aliphatic rings. The zero-order valence-electron chi connectivity index (χ0n) is 13.5. The standard InChI is InChI=1S/C16H21N3O3S/c1-17-8-4-5-15(20)19-16-18-13(10-23-16)12-9-11(21-2)6-7-14(12)22-3/h6-7,9-10,17H,4-5,8H2,1-3H3,(H,18,19,20). The second-order valence-corrected chi connectivity index (χ2v) is 5.72. The monoisotopic (exact) mass is 335 g/mol. The fraction of sp³-hybridized carbons (Fsp3) is 0.375. The van der Waals surface area contributed by atoms with Crippen LogP contribution in [0.2, 0.25) is 0 Å². The number of rotatable bonds is 8. The highest BCUT2D eigenvalue weighted by Gasteiger charge is 2.12. The van der Waals surface area contributed by atoms with E-state index >= 15 is 0 Å². The number of hydrogen-bond donors (Lipinski definition) is 2. The van der Waals surface area contributed by atoms with Crippen molar-refractivity contribution in [2.75, 3.05) is 33.1 Å². The van der Waals surface area contributed by atoms with Gasteiger partial charge < -0.3 is 20.1 Å². The molecule has 1 aromatic carbocycles. The van der Waals surface area contributed by atoms with Crippen LogP contribution in [0, 0.1) is 0 Å². The Balaban J connectivity index is 2.11. The largest absolute Gasteiger partial charge is 0.497 e. The molecule has 0 bridgehead atoms. The minimum absolute atomic E-state index is 0.0289. The Morgan fingerprint density at radius 3 is 2.83 bits per heavy atom. The fourth-order valence-electron chi connectivity index (χ4n) is 2.08. The number of amides is 1. The number of nitrogens with zero attached hydrogens (tertiary/aromatic N) is 1. The first-order chi connectivity index (χ1) is 11.2. The molecule has 0 spiro atoms. The van der Waals surface area contributed by atoms with Crippen molar-refractivity contribution in [1.29, 1.82) is 0 Å². The lowest BCUT2D eigenvalue weighted by Gasteiger charge is -2.08. The quantitative estimate of drug-likeness (QED) is 0.726. The molecule has 0 aliphatic carbocycles. The van der Waals surface area contributed by atoms with E-state index in [1.165, 1.54) is 11.3 Å². The average Bonchev–Trinajstić information content (AvgIpc) is 3.02. The minimum Gasteiger partial charge on any atom is -0.497 e. The van der Waals surface area contributed by atoms with Crippen molar-refractivity contribution in [2.24, 2.45) is 0 Å². The lowest BCUT2D eigenvalue weighted by atomic mass is 10.1. The number of anilines is 1. The van der Waals surface area contributed by atoms with Crippen molar-refractivity contribution in [3.8, 4) is 22.8 Å². The summed E-state index contributed by atoms with van der Waals surface area (Å²) in [5.41, 5.74) is 1.58. The molecule has 23 heavy (non-hydrogen) atoms. The Morgan fingerprint density at radius 1 is 1.30 bits per heavy atom. The number of carbonyl (C=O) groups excluding carboxylic acids is 1. The second kappa shape index (κ2) is 8.50. The molecule has 0 fully saturated rings. The van der Waals surface area contributed by atoms with Crippen LogP contribution in [0.4, 0.5) is 5.13 Å². The third kappa shape index (κ3) is 4.67. The van der Waals surface area contributed by atoms with E-state index in [0.717, 1.165) is 30.0 Å². The Morgan fingerprint density at radius 2 is 2.13 bits per heavy atom. The van der Waals surface area contributed by atoms with Crippen LogP contribution in [0.15, 0.2) is 23.6 Å². The molecule has 124 valence electrons. The molecule has 1 aromatic heterocycles. The van der Waals surface area contributed by atoms with Crippen molar-refractivity contribution < 1.29 is 14.3 Å². The second-order valence-electron chi connectivity index (χ2n) is 4.86. The molecule has 6 nitrogen and oxygen atoms in total. The molecule has 0 atom stereocenters. The predicted molar refractivity (Wildman–Crippen MR) is 92.4 cm³/mol. The predicted octanol–water partition coefficient (Wildman–Crippen LogP) is 2.77. The Kier molecular flexibility index (Phi) is 6.37. The highest BCUT2D eigenvalue weighted by molar-refractivity contribution is 7.14. The molecule has 0 saturated heterocycles. The first-order valence-corrected chi connectivity index (χ1v) is 8.18. The van der Waals surface area contributed by atoms with E-state index in [9.17, 15) is 4.79 Å². The molecule has 1 amide bonds. The first kappa shape index (κ1) is 17.2. The Hall–Kier alpha value is -2.12. The highest BCUT2D eigenvalue weighted by atomic mass is 32.1. The number of nitrogens with one attached hydrogen (secondary N) is 2. The van der Waals surface area contributed by atoms with Crippen LogP contribution < -0.4 is 20.1 Å². The van der Waals surface area contributed by atoms with E-state index in [0.29, 0.717) is 17.3 Å². The fourth-order valence-corrected chi connectivity index (χ4v) is 2.80. The number of benzene rings is 1. The van der Waals surface area contributed by atoms with E-state index in [1.807, 2.05) is 30.6 Å². The maximum absolute atomic E-state index is 11.8. The van der Waals surface area contributed by atoms with E-state index in [2.05, 4.69) is 15.6 Å². The normalized spacial score (nSPS) is 10.4. The third-order valence-electron chi connectivity index (χ3n) is 3.26. The smallest absolute Gasteiger partial charge is 0.226 e. The minimum atomic E-state index is -0.0289. The van der Waals surface area contributed by atoms with Crippen molar-refractivity contribution in [1.82, 2.24) is 10.3 Å². The van der Waals surface area contributed by atoms with Crippen molar-refractivity contribution in [2.45, 2.75) is 12.8 Å². The molecule has 0 saturated carbocycles. The number of thiazole rings is 1. The summed E-state index contributed by atoms with van der Waals surface area (Å²) in [5.74, 6) is 1.41. The molecular weight excluding hydrogens is 314 g/mol. The topological polar surface area (TPSA) is 72.5 Å². The van der Waals surface area contributed by atoms with Crippen LogP contribution in [0.3, 0.4) is 0 Å². The highest BCUT2D eigenvalue weighted by Crippen LogP contribution is 2.34. The summed E-state index contributed by atoms with van der Waals surface area (Å²) in [6.45, 7) is 0.817. The summed E-state index contributed by atoms with van der Waals surface area (Å²) in [4.78, 5) is 16.3. The van der Waals surface area contributed by atoms with Crippen LogP contribution in [0.5, 0.6) is 11.5 Å². The molecule has 2 rings (SSSR count). The number of carbonyl (C=O) groups is 1. The van der Waals surface area contributed by atoms with Gasteiger partial charge in [-0.05, 0) is 38.2 Å². The van der Waals surface area contributed by atoms with Crippen LogP contribution >= 0.6 is 11.3 Å². The van der Waals surface area contributed by atoms with Gasteiger partial charge in [0.15, 0.2) is 5.13 Å². The maximum Gasteiger partial charge on any atom is 0.226 e. The lowest BCUT2D eigenvalue weighted by molar-refractivity contribution is -0.116. The summed E-state index contributed by atoms with van der Waals surface area (Å²) in [5, 5.41) is 8.32. The summed E-state index contributed by atoms with van der Waals surface area (Å²) in [7, 11) is 5.10. The molecule has 0 unspecified atom stereocenters. The summed E-state index contributed by atoms with van der Waals surface area (Å²) >= 11 is 1.39. The van der Waals surface area contributed by atoms with Gasteiger partial charge in [0.1, 0.15) is 11.5 Å². The molecule has 0 radical (unpaired) electrons. The molecule has 1 heterocycles. The average molecular weight is 335 g/mol. The Labute approximate surface area is 139 Å². The van der Waals surface area contributed by atoms with E-state index < -0.39 is 0 Å². The molecule has 0 aliphatic heterocycles. The SMILES string of the molecule is CNCCCC(=O)Nc1nc(-c2cc(OC)ccc2OC)cs1. The van der Waals surface area contributed by atoms with Gasteiger partial charge in [0.2, 0.25) is 5.91 Å².